The molecule has 10 heteroatoms. The van der Waals surface area contributed by atoms with Gasteiger partial charge in [0.05, 0.1) is 22.2 Å². The Kier molecular flexibility index (Phi) is 5.48. The highest BCUT2D eigenvalue weighted by Crippen LogP contribution is 2.36. The molecule has 0 spiro atoms. The Morgan fingerprint density at radius 3 is 2.82 bits per heavy atom. The highest BCUT2D eigenvalue weighted by atomic mass is 33.1. The first kappa shape index (κ1) is 16.8. The van der Waals surface area contributed by atoms with Crippen LogP contribution in [0.2, 0.25) is 0 Å². The Hall–Kier alpha value is -1.52. The van der Waals surface area contributed by atoms with E-state index >= 15 is 0 Å². The lowest BCUT2D eigenvalue weighted by Crippen LogP contribution is -2.31. The maximum Gasteiger partial charge on any atom is 0.573 e. The van der Waals surface area contributed by atoms with Gasteiger partial charge < -0.3 is 10.1 Å². The third kappa shape index (κ3) is 4.75. The molecule has 1 atom stereocenters. The summed E-state index contributed by atoms with van der Waals surface area (Å²) in [5.41, 5.74) is 0.572. The van der Waals surface area contributed by atoms with Crippen LogP contribution in [0.15, 0.2) is 34.0 Å². The lowest BCUT2D eigenvalue weighted by molar-refractivity contribution is -0.274. The summed E-state index contributed by atoms with van der Waals surface area (Å²) >= 11 is 0. The molecule has 1 aliphatic rings. The molecular weight excluding hydrogens is 339 g/mol. The Morgan fingerprint density at radius 2 is 2.14 bits per heavy atom. The van der Waals surface area contributed by atoms with Crippen LogP contribution in [-0.4, -0.2) is 25.9 Å². The fourth-order valence-corrected chi connectivity index (χ4v) is 4.07. The highest BCUT2D eigenvalue weighted by Gasteiger charge is 2.32. The monoisotopic (exact) mass is 351 g/mol. The number of rotatable bonds is 5. The van der Waals surface area contributed by atoms with Gasteiger partial charge in [0.15, 0.2) is 0 Å². The molecule has 1 amide bonds. The topological polar surface area (TPSA) is 62.7 Å². The Balaban J connectivity index is 2.16. The van der Waals surface area contributed by atoms with Crippen LogP contribution >= 0.6 is 10.8 Å². The van der Waals surface area contributed by atoms with Crippen LogP contribution in [-0.2, 0) is 14.7 Å². The van der Waals surface area contributed by atoms with Gasteiger partial charge in [0, 0.05) is 11.0 Å². The van der Waals surface area contributed by atoms with Crippen LogP contribution in [0.3, 0.4) is 0 Å². The van der Waals surface area contributed by atoms with Crippen LogP contribution in [0.25, 0.3) is 5.70 Å². The summed E-state index contributed by atoms with van der Waals surface area (Å²) in [5, 5.41) is 4.30. The second-order valence-electron chi connectivity index (χ2n) is 4.04. The van der Waals surface area contributed by atoms with E-state index in [0.717, 1.165) is 0 Å². The number of benzene rings is 1. The molecule has 1 heterocycles. The number of para-hydroxylation sites is 1. The molecule has 0 aromatic heterocycles. The Labute approximate surface area is 130 Å². The van der Waals surface area contributed by atoms with E-state index in [1.54, 1.807) is 18.5 Å². The number of nitrogens with zero attached hydrogens (tertiary/aromatic N) is 1. The van der Waals surface area contributed by atoms with E-state index in [1.165, 1.54) is 29.0 Å². The predicted molar refractivity (Wildman–Crippen MR) is 80.6 cm³/mol. The Morgan fingerprint density at radius 1 is 1.41 bits per heavy atom. The fraction of sp³-hybridized carbons (Fsp3) is 0.250. The summed E-state index contributed by atoms with van der Waals surface area (Å²) < 4.78 is 48.1. The first-order valence-corrected chi connectivity index (χ1v) is 8.59. The van der Waals surface area contributed by atoms with Crippen LogP contribution in [0.5, 0.6) is 5.75 Å². The van der Waals surface area contributed by atoms with Crippen molar-refractivity contribution in [1.82, 2.24) is 10.0 Å². The molecule has 0 aliphatic carbocycles. The normalized spacial score (nSPS) is 17.6. The van der Waals surface area contributed by atoms with Gasteiger partial charge in [0.2, 0.25) is 5.91 Å². The van der Waals surface area contributed by atoms with Gasteiger partial charge in [-0.05, 0) is 30.0 Å². The summed E-state index contributed by atoms with van der Waals surface area (Å²) in [6, 6.07) is 5.75. The molecule has 0 saturated carbocycles. The molecule has 1 aromatic carbocycles. The van der Waals surface area contributed by atoms with Crippen LogP contribution in [0.4, 0.5) is 13.2 Å². The van der Waals surface area contributed by atoms with Gasteiger partial charge >= 0.3 is 6.36 Å². The zero-order valence-corrected chi connectivity index (χ0v) is 12.9. The number of amides is 1. The average Bonchev–Trinajstić information content (AvgIpc) is 2.86. The van der Waals surface area contributed by atoms with Crippen molar-refractivity contribution in [3.05, 3.63) is 35.2 Å². The first-order valence-electron chi connectivity index (χ1n) is 6.02. The SMILES string of the molecule is CNCC(=O)NS1=NC(c2ccccc2OC(F)(F)F)=CS1. The number of ether oxygens (including phenoxy) is 1. The van der Waals surface area contributed by atoms with Crippen molar-refractivity contribution in [2.24, 2.45) is 4.36 Å². The van der Waals surface area contributed by atoms with Gasteiger partial charge in [-0.25, -0.2) is 0 Å². The molecule has 0 bridgehead atoms. The number of hydrogen-bond donors (Lipinski definition) is 2. The maximum atomic E-state index is 12.4. The average molecular weight is 351 g/mol. The lowest BCUT2D eigenvalue weighted by Gasteiger charge is -2.12. The molecule has 1 aliphatic heterocycles. The third-order valence-corrected chi connectivity index (χ3v) is 4.94. The Bertz CT molecular complexity index is 632. The fourth-order valence-electron chi connectivity index (χ4n) is 1.57. The minimum absolute atomic E-state index is 0.142. The van der Waals surface area contributed by atoms with E-state index in [2.05, 4.69) is 19.1 Å². The minimum Gasteiger partial charge on any atom is -0.405 e. The second-order valence-corrected chi connectivity index (χ2v) is 6.88. The molecule has 0 radical (unpaired) electrons. The summed E-state index contributed by atoms with van der Waals surface area (Å²) in [6.07, 6.45) is -4.77. The summed E-state index contributed by atoms with van der Waals surface area (Å²) in [6.45, 7) is 0.142. The van der Waals surface area contributed by atoms with Crippen molar-refractivity contribution < 1.29 is 22.7 Å². The smallest absolute Gasteiger partial charge is 0.405 e. The third-order valence-electron chi connectivity index (χ3n) is 2.36. The van der Waals surface area contributed by atoms with Gasteiger partial charge in [0.25, 0.3) is 0 Å². The van der Waals surface area contributed by atoms with Gasteiger partial charge in [-0.15, -0.1) is 13.2 Å². The molecule has 1 unspecified atom stereocenters. The van der Waals surface area contributed by atoms with Gasteiger partial charge in [-0.3, -0.25) is 9.52 Å². The zero-order chi connectivity index (χ0) is 16.2. The maximum absolute atomic E-state index is 12.4. The lowest BCUT2D eigenvalue weighted by atomic mass is 10.1. The van der Waals surface area contributed by atoms with Gasteiger partial charge in [0.1, 0.15) is 5.75 Å². The summed E-state index contributed by atoms with van der Waals surface area (Å²) in [7, 11) is 2.02. The quantitative estimate of drug-likeness (QED) is 0.801. The van der Waals surface area contributed by atoms with E-state index in [-0.39, 0.29) is 23.8 Å². The van der Waals surface area contributed by atoms with E-state index < -0.39 is 16.3 Å². The van der Waals surface area contributed by atoms with Crippen molar-refractivity contribution in [2.45, 2.75) is 6.36 Å². The van der Waals surface area contributed by atoms with Crippen molar-refractivity contribution in [2.75, 3.05) is 13.6 Å². The number of halogens is 3. The van der Waals surface area contributed by atoms with E-state index in [4.69, 9.17) is 0 Å². The molecule has 5 nitrogen and oxygen atoms in total. The number of carbonyl (C=O) groups is 1. The molecule has 120 valence electrons. The van der Waals surface area contributed by atoms with Crippen LogP contribution in [0.1, 0.15) is 5.56 Å². The molecular formula is C12H12F3N3O2S2. The van der Waals surface area contributed by atoms with E-state index in [9.17, 15) is 18.0 Å². The van der Waals surface area contributed by atoms with Crippen LogP contribution < -0.4 is 14.8 Å². The van der Waals surface area contributed by atoms with Crippen LogP contribution in [0, 0.1) is 0 Å². The number of alkyl halides is 3. The number of hydrogen-bond acceptors (Lipinski definition) is 5. The highest BCUT2D eigenvalue weighted by molar-refractivity contribution is 8.71. The second kappa shape index (κ2) is 7.16. The molecule has 0 saturated heterocycles. The standard InChI is InChI=1S/C12H12F3N3O2S2/c1-16-6-11(19)18-22-17-9(7-21-22)8-4-2-3-5-10(8)20-12(13,14)15/h2-5,7,16H,6H2,1H3,(H,17,18,19). The molecule has 2 N–H and O–H groups in total. The largest absolute Gasteiger partial charge is 0.573 e. The molecule has 22 heavy (non-hydrogen) atoms. The first-order chi connectivity index (χ1) is 10.4. The van der Waals surface area contributed by atoms with Crippen molar-refractivity contribution in [3.8, 4) is 5.75 Å². The predicted octanol–water partition coefficient (Wildman–Crippen LogP) is 2.60. The van der Waals surface area contributed by atoms with E-state index in [0.29, 0.717) is 5.70 Å². The van der Waals surface area contributed by atoms with E-state index in [1.807, 2.05) is 0 Å². The van der Waals surface area contributed by atoms with Gasteiger partial charge in [-0.1, -0.05) is 12.1 Å². The summed E-state index contributed by atoms with van der Waals surface area (Å²) in [4.78, 5) is 11.5. The molecule has 2 rings (SSSR count). The number of nitrogens with one attached hydrogen (secondary N) is 2. The summed E-state index contributed by atoms with van der Waals surface area (Å²) in [5.74, 6) is -0.561. The van der Waals surface area contributed by atoms with Gasteiger partial charge in [-0.2, -0.15) is 4.36 Å². The van der Waals surface area contributed by atoms with Crippen molar-refractivity contribution in [3.63, 3.8) is 0 Å². The number of likely N-dealkylation sites (N-methyl/N-ethyl adjacent to an activating group) is 1. The number of carbonyl (C=O) groups excluding carboxylic acids is 1. The minimum atomic E-state index is -4.77. The van der Waals surface area contributed by atoms with Crippen molar-refractivity contribution >= 4 is 32.3 Å². The molecule has 1 aromatic rings. The molecule has 0 fully saturated rings. The zero-order valence-electron chi connectivity index (χ0n) is 11.3. The van der Waals surface area contributed by atoms with Crippen molar-refractivity contribution in [1.29, 1.82) is 0 Å².